The van der Waals surface area contributed by atoms with E-state index in [2.05, 4.69) is 0 Å². The first-order valence-corrected chi connectivity index (χ1v) is 4.73. The van der Waals surface area contributed by atoms with Gasteiger partial charge in [-0.05, 0) is 0 Å². The van der Waals surface area contributed by atoms with Gasteiger partial charge in [-0.3, -0.25) is 0 Å². The molecular formula is C8H18NO5+. The molecule has 6 nitrogen and oxygen atoms in total. The minimum Gasteiger partial charge on any atom is -0.391 e. The molecule has 0 spiro atoms. The average Bonchev–Trinajstić information content (AvgIpc) is 2.21. The summed E-state index contributed by atoms with van der Waals surface area (Å²) in [6, 6.07) is 0. The number of hydrogen-bond donors (Lipinski definition) is 6. The second-order valence-corrected chi connectivity index (χ2v) is 3.75. The third kappa shape index (κ3) is 2.63. The van der Waals surface area contributed by atoms with Crippen molar-refractivity contribution in [3.63, 3.8) is 0 Å². The van der Waals surface area contributed by atoms with Gasteiger partial charge in [-0.2, -0.15) is 0 Å². The van der Waals surface area contributed by atoms with E-state index >= 15 is 0 Å². The minimum atomic E-state index is -1.32. The van der Waals surface area contributed by atoms with Gasteiger partial charge in [0.2, 0.25) is 0 Å². The largest absolute Gasteiger partial charge is 0.391 e. The lowest BCUT2D eigenvalue weighted by Gasteiger charge is -2.19. The molecule has 0 aromatic carbocycles. The lowest BCUT2D eigenvalue weighted by atomic mass is 10.1. The predicted molar refractivity (Wildman–Crippen MR) is 46.7 cm³/mol. The number of rotatable bonds is 2. The summed E-state index contributed by atoms with van der Waals surface area (Å²) in [5.41, 5.74) is 0. The van der Waals surface area contributed by atoms with Gasteiger partial charge in [0, 0.05) is 0 Å². The Balaban J connectivity index is 2.62. The summed E-state index contributed by atoms with van der Waals surface area (Å²) in [6.07, 6.45) is -4.77. The van der Waals surface area contributed by atoms with Crippen molar-refractivity contribution in [3.05, 3.63) is 0 Å². The molecular weight excluding hydrogens is 190 g/mol. The first-order chi connectivity index (χ1) is 6.56. The zero-order chi connectivity index (χ0) is 10.7. The molecule has 6 N–H and O–H groups in total. The Labute approximate surface area is 82.0 Å². The summed E-state index contributed by atoms with van der Waals surface area (Å²) in [4.78, 5) is 0.767. The number of aliphatic hydroxyl groups is 5. The molecule has 0 amide bonds. The highest BCUT2D eigenvalue weighted by Crippen LogP contribution is 2.05. The van der Waals surface area contributed by atoms with Gasteiger partial charge in [0.25, 0.3) is 0 Å². The van der Waals surface area contributed by atoms with Gasteiger partial charge in [-0.1, -0.05) is 0 Å². The molecule has 0 aromatic rings. The van der Waals surface area contributed by atoms with Gasteiger partial charge >= 0.3 is 0 Å². The van der Waals surface area contributed by atoms with Crippen LogP contribution in [-0.2, 0) is 0 Å². The Morgan fingerprint density at radius 3 is 1.71 bits per heavy atom. The van der Waals surface area contributed by atoms with Gasteiger partial charge in [-0.25, -0.2) is 0 Å². The van der Waals surface area contributed by atoms with Crippen molar-refractivity contribution in [2.24, 2.45) is 0 Å². The molecule has 14 heavy (non-hydrogen) atoms. The first-order valence-electron chi connectivity index (χ1n) is 4.73. The monoisotopic (exact) mass is 208 g/mol. The summed E-state index contributed by atoms with van der Waals surface area (Å²) >= 11 is 0. The Morgan fingerprint density at radius 2 is 1.36 bits per heavy atom. The second kappa shape index (κ2) is 5.01. The fourth-order valence-electron chi connectivity index (χ4n) is 1.73. The maximum absolute atomic E-state index is 9.42. The Kier molecular flexibility index (Phi) is 4.24. The van der Waals surface area contributed by atoms with Crippen LogP contribution in [0.25, 0.3) is 0 Å². The highest BCUT2D eigenvalue weighted by Gasteiger charge is 2.38. The highest BCUT2D eigenvalue weighted by molar-refractivity contribution is 4.82. The van der Waals surface area contributed by atoms with Crippen LogP contribution < -0.4 is 4.90 Å². The SMILES string of the molecule is OCC[NH+]1C[C@H](O)[C@@H](O)[C@H](O)[C@@H](O)C1. The van der Waals surface area contributed by atoms with Crippen LogP contribution in [0.1, 0.15) is 0 Å². The van der Waals surface area contributed by atoms with E-state index in [1.807, 2.05) is 0 Å². The number of likely N-dealkylation sites (tertiary alicyclic amines) is 1. The van der Waals surface area contributed by atoms with E-state index in [9.17, 15) is 20.4 Å². The molecule has 1 fully saturated rings. The Morgan fingerprint density at radius 1 is 0.929 bits per heavy atom. The fourth-order valence-corrected chi connectivity index (χ4v) is 1.73. The van der Waals surface area contributed by atoms with Crippen LogP contribution >= 0.6 is 0 Å². The van der Waals surface area contributed by atoms with Crippen molar-refractivity contribution >= 4 is 0 Å². The van der Waals surface area contributed by atoms with Crippen molar-refractivity contribution in [1.82, 2.24) is 0 Å². The molecule has 4 atom stereocenters. The average molecular weight is 208 g/mol. The molecule has 6 heteroatoms. The smallest absolute Gasteiger partial charge is 0.131 e. The summed E-state index contributed by atoms with van der Waals surface area (Å²) < 4.78 is 0. The fraction of sp³-hybridized carbons (Fsp3) is 1.00. The molecule has 0 unspecified atom stereocenters. The lowest BCUT2D eigenvalue weighted by molar-refractivity contribution is -0.905. The molecule has 0 aromatic heterocycles. The first kappa shape index (κ1) is 11.8. The van der Waals surface area contributed by atoms with Crippen molar-refractivity contribution in [1.29, 1.82) is 0 Å². The van der Waals surface area contributed by atoms with Crippen LogP contribution in [0.2, 0.25) is 0 Å². The maximum atomic E-state index is 9.42. The van der Waals surface area contributed by atoms with Gasteiger partial charge in [0.1, 0.15) is 44.1 Å². The zero-order valence-corrected chi connectivity index (χ0v) is 7.87. The van der Waals surface area contributed by atoms with E-state index in [1.165, 1.54) is 0 Å². The summed E-state index contributed by atoms with van der Waals surface area (Å²) in [5, 5.41) is 46.2. The van der Waals surface area contributed by atoms with Crippen molar-refractivity contribution in [2.45, 2.75) is 24.4 Å². The number of aliphatic hydroxyl groups excluding tert-OH is 5. The van der Waals surface area contributed by atoms with Gasteiger partial charge in [0.15, 0.2) is 0 Å². The molecule has 1 rings (SSSR count). The lowest BCUT2D eigenvalue weighted by Crippen LogP contribution is -3.14. The van der Waals surface area contributed by atoms with Gasteiger partial charge < -0.3 is 30.4 Å². The van der Waals surface area contributed by atoms with Gasteiger partial charge in [0.05, 0.1) is 6.61 Å². The maximum Gasteiger partial charge on any atom is 0.131 e. The van der Waals surface area contributed by atoms with E-state index in [0.29, 0.717) is 6.54 Å². The molecule has 0 aliphatic carbocycles. The third-order valence-corrected chi connectivity index (χ3v) is 2.60. The quantitative estimate of drug-likeness (QED) is 0.274. The molecule has 0 saturated carbocycles. The predicted octanol–water partition coefficient (Wildman–Crippen LogP) is -4.68. The Bertz CT molecular complexity index is 163. The van der Waals surface area contributed by atoms with Crippen molar-refractivity contribution in [3.8, 4) is 0 Å². The van der Waals surface area contributed by atoms with Crippen LogP contribution in [0.4, 0.5) is 0 Å². The molecule has 0 bridgehead atoms. The highest BCUT2D eigenvalue weighted by atomic mass is 16.4. The number of hydrogen-bond acceptors (Lipinski definition) is 5. The molecule has 0 radical (unpaired) electrons. The van der Waals surface area contributed by atoms with Crippen molar-refractivity contribution in [2.75, 3.05) is 26.2 Å². The van der Waals surface area contributed by atoms with Crippen LogP contribution in [0.3, 0.4) is 0 Å². The summed E-state index contributed by atoms with van der Waals surface area (Å²) in [6.45, 7) is 0.764. The zero-order valence-electron chi connectivity index (χ0n) is 7.87. The van der Waals surface area contributed by atoms with Crippen LogP contribution in [0.15, 0.2) is 0 Å². The van der Waals surface area contributed by atoms with Gasteiger partial charge in [-0.15, -0.1) is 0 Å². The van der Waals surface area contributed by atoms with E-state index in [0.717, 1.165) is 4.90 Å². The van der Waals surface area contributed by atoms with Crippen LogP contribution in [-0.4, -0.2) is 76.2 Å². The van der Waals surface area contributed by atoms with E-state index in [-0.39, 0.29) is 19.7 Å². The second-order valence-electron chi connectivity index (χ2n) is 3.75. The summed E-state index contributed by atoms with van der Waals surface area (Å²) in [7, 11) is 0. The van der Waals surface area contributed by atoms with Crippen LogP contribution in [0.5, 0.6) is 0 Å². The number of quaternary nitrogens is 1. The van der Waals surface area contributed by atoms with E-state index in [1.54, 1.807) is 0 Å². The molecule has 1 saturated heterocycles. The van der Waals surface area contributed by atoms with E-state index in [4.69, 9.17) is 5.11 Å². The van der Waals surface area contributed by atoms with Crippen molar-refractivity contribution < 1.29 is 30.4 Å². The normalized spacial score (nSPS) is 40.9. The minimum absolute atomic E-state index is 0.0546. The number of nitrogens with one attached hydrogen (secondary N) is 1. The molecule has 84 valence electrons. The molecule has 1 aliphatic rings. The Hall–Kier alpha value is -0.240. The molecule has 1 aliphatic heterocycles. The summed E-state index contributed by atoms with van der Waals surface area (Å²) in [5.74, 6) is 0. The standard InChI is InChI=1S/C8H17NO5/c10-2-1-9-3-5(11)7(13)8(14)6(12)4-9/h5-8,10-14H,1-4H2/p+1/t5-,6-,7+,8+/m0/s1. The molecule has 1 heterocycles. The van der Waals surface area contributed by atoms with E-state index < -0.39 is 24.4 Å². The third-order valence-electron chi connectivity index (χ3n) is 2.60. The topological polar surface area (TPSA) is 106 Å². The van der Waals surface area contributed by atoms with Crippen LogP contribution in [0, 0.1) is 0 Å².